The largest absolute Gasteiger partial charge is 0.325 e. The van der Waals surface area contributed by atoms with Gasteiger partial charge in [-0.1, -0.05) is 6.07 Å². The predicted molar refractivity (Wildman–Crippen MR) is 69.8 cm³/mol. The first-order valence-electron chi connectivity index (χ1n) is 4.65. The zero-order valence-corrected chi connectivity index (χ0v) is 10.7. The van der Waals surface area contributed by atoms with Crippen LogP contribution in [0.1, 0.15) is 6.92 Å². The van der Waals surface area contributed by atoms with Crippen LogP contribution in [-0.4, -0.2) is 23.7 Å². The Balaban J connectivity index is 2.68. The molecule has 1 amide bonds. The normalized spacial score (nSPS) is 12.2. The number of rotatable bonds is 4. The van der Waals surface area contributed by atoms with E-state index in [4.69, 9.17) is 0 Å². The van der Waals surface area contributed by atoms with E-state index in [0.29, 0.717) is 0 Å². The first kappa shape index (κ1) is 12.5. The molecule has 0 aliphatic rings. The number of thioether (sulfide) groups is 2. The van der Waals surface area contributed by atoms with Crippen molar-refractivity contribution in [3.8, 4) is 0 Å². The summed E-state index contributed by atoms with van der Waals surface area (Å²) in [5.41, 5.74) is 0.868. The lowest BCUT2D eigenvalue weighted by Crippen LogP contribution is -2.21. The fourth-order valence-corrected chi connectivity index (χ4v) is 1.78. The smallest absolute Gasteiger partial charge is 0.237 e. The van der Waals surface area contributed by atoms with Crippen molar-refractivity contribution in [3.63, 3.8) is 0 Å². The van der Waals surface area contributed by atoms with E-state index in [-0.39, 0.29) is 11.2 Å². The minimum absolute atomic E-state index is 0.0112. The molecule has 0 aromatic heterocycles. The molecule has 4 heteroatoms. The average molecular weight is 241 g/mol. The predicted octanol–water partition coefficient (Wildman–Crippen LogP) is 3.10. The van der Waals surface area contributed by atoms with Crippen LogP contribution in [-0.2, 0) is 4.79 Å². The van der Waals surface area contributed by atoms with Gasteiger partial charge in [0.15, 0.2) is 0 Å². The van der Waals surface area contributed by atoms with Gasteiger partial charge < -0.3 is 5.32 Å². The SMILES string of the molecule is CSc1cccc(NC(=O)C(C)SC)c1. The van der Waals surface area contributed by atoms with Gasteiger partial charge in [-0.15, -0.1) is 11.8 Å². The van der Waals surface area contributed by atoms with E-state index >= 15 is 0 Å². The molecule has 0 aliphatic heterocycles. The summed E-state index contributed by atoms with van der Waals surface area (Å²) in [5.74, 6) is 0.0563. The van der Waals surface area contributed by atoms with Crippen molar-refractivity contribution in [3.05, 3.63) is 24.3 Å². The first-order valence-corrected chi connectivity index (χ1v) is 7.16. The van der Waals surface area contributed by atoms with Crippen molar-refractivity contribution < 1.29 is 4.79 Å². The highest BCUT2D eigenvalue weighted by Gasteiger charge is 2.10. The van der Waals surface area contributed by atoms with Crippen LogP contribution in [0.5, 0.6) is 0 Å². The highest BCUT2D eigenvalue weighted by atomic mass is 32.2. The van der Waals surface area contributed by atoms with Gasteiger partial charge in [0.25, 0.3) is 0 Å². The number of carbonyl (C=O) groups excluding carboxylic acids is 1. The van der Waals surface area contributed by atoms with Gasteiger partial charge in [0.2, 0.25) is 5.91 Å². The molecule has 0 spiro atoms. The number of hydrogen-bond acceptors (Lipinski definition) is 3. The molecule has 0 saturated carbocycles. The molecule has 0 aliphatic carbocycles. The maximum Gasteiger partial charge on any atom is 0.237 e. The van der Waals surface area contributed by atoms with Gasteiger partial charge in [-0.25, -0.2) is 0 Å². The molecule has 15 heavy (non-hydrogen) atoms. The molecule has 82 valence electrons. The van der Waals surface area contributed by atoms with Crippen LogP contribution in [0.25, 0.3) is 0 Å². The van der Waals surface area contributed by atoms with Crippen LogP contribution in [0.3, 0.4) is 0 Å². The Morgan fingerprint density at radius 2 is 2.13 bits per heavy atom. The van der Waals surface area contributed by atoms with Crippen LogP contribution >= 0.6 is 23.5 Å². The Labute approximate surface area is 99.2 Å². The zero-order chi connectivity index (χ0) is 11.3. The second-order valence-electron chi connectivity index (χ2n) is 3.10. The third-order valence-corrected chi connectivity index (χ3v) is 3.71. The highest BCUT2D eigenvalue weighted by Crippen LogP contribution is 2.19. The summed E-state index contributed by atoms with van der Waals surface area (Å²) in [6.07, 6.45) is 3.95. The number of amides is 1. The van der Waals surface area contributed by atoms with Gasteiger partial charge in [-0.05, 0) is 37.6 Å². The molecular weight excluding hydrogens is 226 g/mol. The van der Waals surface area contributed by atoms with Gasteiger partial charge in [0.1, 0.15) is 0 Å². The van der Waals surface area contributed by atoms with Gasteiger partial charge in [-0.3, -0.25) is 4.79 Å². The van der Waals surface area contributed by atoms with E-state index < -0.39 is 0 Å². The van der Waals surface area contributed by atoms with Crippen LogP contribution in [0.4, 0.5) is 5.69 Å². The minimum Gasteiger partial charge on any atom is -0.325 e. The summed E-state index contributed by atoms with van der Waals surface area (Å²) < 4.78 is 0. The fraction of sp³-hybridized carbons (Fsp3) is 0.364. The van der Waals surface area contributed by atoms with Crippen LogP contribution in [0.2, 0.25) is 0 Å². The summed E-state index contributed by atoms with van der Waals surface area (Å²) >= 11 is 3.21. The Kier molecular flexibility index (Phi) is 5.05. The molecule has 1 aromatic carbocycles. The molecule has 1 N–H and O–H groups in total. The average Bonchev–Trinajstić information content (AvgIpc) is 2.28. The van der Waals surface area contributed by atoms with Crippen molar-refractivity contribution in [2.24, 2.45) is 0 Å². The zero-order valence-electron chi connectivity index (χ0n) is 9.11. The number of anilines is 1. The molecular formula is C11H15NOS2. The summed E-state index contributed by atoms with van der Waals surface area (Å²) in [7, 11) is 0. The second kappa shape index (κ2) is 6.08. The van der Waals surface area contributed by atoms with Crippen molar-refractivity contribution in [1.29, 1.82) is 0 Å². The monoisotopic (exact) mass is 241 g/mol. The summed E-state index contributed by atoms with van der Waals surface area (Å²) in [6, 6.07) is 7.86. The highest BCUT2D eigenvalue weighted by molar-refractivity contribution is 7.99. The van der Waals surface area contributed by atoms with E-state index in [1.807, 2.05) is 43.7 Å². The number of benzene rings is 1. The van der Waals surface area contributed by atoms with Crippen LogP contribution in [0.15, 0.2) is 29.2 Å². The van der Waals surface area contributed by atoms with Gasteiger partial charge in [-0.2, -0.15) is 11.8 Å². The first-order chi connectivity index (χ1) is 7.17. The second-order valence-corrected chi connectivity index (χ2v) is 5.16. The third-order valence-electron chi connectivity index (χ3n) is 2.06. The van der Waals surface area contributed by atoms with E-state index in [2.05, 4.69) is 5.32 Å². The van der Waals surface area contributed by atoms with E-state index in [0.717, 1.165) is 10.6 Å². The molecule has 0 bridgehead atoms. The van der Waals surface area contributed by atoms with Crippen LogP contribution in [0, 0.1) is 0 Å². The maximum atomic E-state index is 11.6. The number of hydrogen-bond donors (Lipinski definition) is 1. The summed E-state index contributed by atoms with van der Waals surface area (Å²) in [4.78, 5) is 12.8. The molecule has 0 fully saturated rings. The van der Waals surface area contributed by atoms with E-state index in [9.17, 15) is 4.79 Å². The molecule has 1 aromatic rings. The lowest BCUT2D eigenvalue weighted by Gasteiger charge is -2.10. The molecule has 1 rings (SSSR count). The molecule has 0 radical (unpaired) electrons. The minimum atomic E-state index is -0.0112. The fourth-order valence-electron chi connectivity index (χ4n) is 1.05. The molecule has 1 atom stereocenters. The third kappa shape index (κ3) is 3.80. The van der Waals surface area contributed by atoms with Crippen molar-refractivity contribution in [2.45, 2.75) is 17.1 Å². The van der Waals surface area contributed by atoms with Crippen molar-refractivity contribution in [1.82, 2.24) is 0 Å². The number of carbonyl (C=O) groups is 1. The van der Waals surface area contributed by atoms with Gasteiger partial charge in [0, 0.05) is 10.6 Å². The molecule has 1 unspecified atom stereocenters. The molecule has 2 nitrogen and oxygen atoms in total. The number of nitrogens with one attached hydrogen (secondary N) is 1. The van der Waals surface area contributed by atoms with Gasteiger partial charge in [0.05, 0.1) is 5.25 Å². The van der Waals surface area contributed by atoms with E-state index in [1.165, 1.54) is 0 Å². The van der Waals surface area contributed by atoms with Crippen molar-refractivity contribution in [2.75, 3.05) is 17.8 Å². The van der Waals surface area contributed by atoms with Crippen LogP contribution < -0.4 is 5.32 Å². The lowest BCUT2D eigenvalue weighted by atomic mass is 10.3. The Bertz CT molecular complexity index is 341. The quantitative estimate of drug-likeness (QED) is 0.821. The molecule has 0 saturated heterocycles. The summed E-state index contributed by atoms with van der Waals surface area (Å²) in [6.45, 7) is 1.90. The van der Waals surface area contributed by atoms with E-state index in [1.54, 1.807) is 23.5 Å². The Morgan fingerprint density at radius 3 is 2.73 bits per heavy atom. The Hall–Kier alpha value is -0.610. The van der Waals surface area contributed by atoms with Crippen molar-refractivity contribution >= 4 is 35.1 Å². The molecule has 0 heterocycles. The topological polar surface area (TPSA) is 29.1 Å². The maximum absolute atomic E-state index is 11.6. The Morgan fingerprint density at radius 1 is 1.40 bits per heavy atom. The standard InChI is InChI=1S/C11H15NOS2/c1-8(14-2)11(13)12-9-5-4-6-10(7-9)15-3/h4-8H,1-3H3,(H,12,13). The van der Waals surface area contributed by atoms with Gasteiger partial charge >= 0.3 is 0 Å². The summed E-state index contributed by atoms with van der Waals surface area (Å²) in [5, 5.41) is 2.88. The lowest BCUT2D eigenvalue weighted by molar-refractivity contribution is -0.115.